The molecule has 1 aromatic heterocycles. The van der Waals surface area contributed by atoms with Crippen molar-refractivity contribution in [2.45, 2.75) is 30.3 Å². The second kappa shape index (κ2) is 9.12. The van der Waals surface area contributed by atoms with Crippen LogP contribution in [0.4, 0.5) is 5.69 Å². The van der Waals surface area contributed by atoms with E-state index in [1.54, 1.807) is 12.4 Å². The summed E-state index contributed by atoms with van der Waals surface area (Å²) in [5.74, 6) is 0.677. The van der Waals surface area contributed by atoms with Crippen LogP contribution in [-0.2, 0) is 11.8 Å². The Morgan fingerprint density at radius 1 is 1.29 bits per heavy atom. The lowest BCUT2D eigenvalue weighted by atomic mass is 10.1. The third-order valence-corrected chi connectivity index (χ3v) is 5.78. The summed E-state index contributed by atoms with van der Waals surface area (Å²) in [6.07, 6.45) is 1.88. The third kappa shape index (κ3) is 5.05. The van der Waals surface area contributed by atoms with E-state index in [1.807, 2.05) is 55.8 Å². The largest absolute Gasteiger partial charge is 0.493 e. The van der Waals surface area contributed by atoms with Crippen LogP contribution < -0.4 is 10.1 Å². The van der Waals surface area contributed by atoms with Crippen LogP contribution in [0.5, 0.6) is 5.75 Å². The molecule has 1 heterocycles. The Balaban J connectivity index is 1.53. The van der Waals surface area contributed by atoms with Gasteiger partial charge in [-0.2, -0.15) is 0 Å². The van der Waals surface area contributed by atoms with Gasteiger partial charge in [0.05, 0.1) is 18.1 Å². The van der Waals surface area contributed by atoms with Gasteiger partial charge in [0.2, 0.25) is 5.91 Å². The average molecular weight is 417 g/mol. The fourth-order valence-corrected chi connectivity index (χ4v) is 3.55. The highest BCUT2D eigenvalue weighted by Gasteiger charge is 2.10. The summed E-state index contributed by atoms with van der Waals surface area (Å²) < 4.78 is 7.55. The molecule has 0 fully saturated rings. The first-order valence-electron chi connectivity index (χ1n) is 8.74. The number of amides is 1. The second-order valence-corrected chi connectivity index (χ2v) is 7.73. The molecule has 3 rings (SSSR count). The Morgan fingerprint density at radius 3 is 2.82 bits per heavy atom. The number of nitrogens with one attached hydrogen (secondary N) is 1. The number of aromatic nitrogens is 3. The van der Waals surface area contributed by atoms with Crippen molar-refractivity contribution >= 4 is 35.0 Å². The minimum atomic E-state index is -0.130. The molecule has 0 unspecified atom stereocenters. The van der Waals surface area contributed by atoms with Gasteiger partial charge in [-0.3, -0.25) is 4.79 Å². The van der Waals surface area contributed by atoms with Crippen LogP contribution in [0.3, 0.4) is 0 Å². The number of hydrogen-bond donors (Lipinski definition) is 1. The first-order chi connectivity index (χ1) is 13.4. The number of ether oxygens (including phenoxy) is 1. The van der Waals surface area contributed by atoms with E-state index in [1.165, 1.54) is 11.8 Å². The van der Waals surface area contributed by atoms with Gasteiger partial charge in [-0.05, 0) is 61.0 Å². The molecule has 0 saturated heterocycles. The van der Waals surface area contributed by atoms with Gasteiger partial charge in [-0.15, -0.1) is 10.2 Å². The van der Waals surface area contributed by atoms with Crippen molar-refractivity contribution in [3.63, 3.8) is 0 Å². The van der Waals surface area contributed by atoms with E-state index in [9.17, 15) is 4.79 Å². The number of halogens is 1. The van der Waals surface area contributed by atoms with Crippen molar-refractivity contribution in [2.75, 3.05) is 11.9 Å². The first-order valence-corrected chi connectivity index (χ1v) is 9.94. The Bertz CT molecular complexity index is 990. The molecule has 1 N–H and O–H groups in total. The summed E-state index contributed by atoms with van der Waals surface area (Å²) >= 11 is 7.76. The van der Waals surface area contributed by atoms with Crippen LogP contribution in [-0.4, -0.2) is 27.3 Å². The Hall–Kier alpha value is -2.51. The van der Waals surface area contributed by atoms with Crippen LogP contribution >= 0.6 is 23.4 Å². The Labute approximate surface area is 173 Å². The summed E-state index contributed by atoms with van der Waals surface area (Å²) in [4.78, 5) is 13.0. The molecular weight excluding hydrogens is 396 g/mol. The van der Waals surface area contributed by atoms with Crippen LogP contribution in [0.15, 0.2) is 52.8 Å². The molecule has 0 aliphatic carbocycles. The molecule has 0 bridgehead atoms. The number of rotatable bonds is 7. The lowest BCUT2D eigenvalue weighted by Gasteiger charge is -2.11. The molecule has 3 aromatic rings. The fraction of sp³-hybridized carbons (Fsp3) is 0.250. The van der Waals surface area contributed by atoms with E-state index in [2.05, 4.69) is 15.5 Å². The molecule has 8 heteroatoms. The van der Waals surface area contributed by atoms with Gasteiger partial charge in [0, 0.05) is 17.6 Å². The van der Waals surface area contributed by atoms with E-state index < -0.39 is 0 Å². The van der Waals surface area contributed by atoms with Crippen molar-refractivity contribution in [3.8, 4) is 5.75 Å². The third-order valence-electron chi connectivity index (χ3n) is 4.23. The zero-order valence-corrected chi connectivity index (χ0v) is 17.5. The van der Waals surface area contributed by atoms with E-state index in [0.29, 0.717) is 17.3 Å². The first kappa shape index (κ1) is 20.2. The SMILES string of the molecule is Cc1cccc(OCCC(=O)Nc2ccc(Sc3nncn3C)c(Cl)c2)c1C. The van der Waals surface area contributed by atoms with Crippen LogP contribution in [0.1, 0.15) is 17.5 Å². The predicted molar refractivity (Wildman–Crippen MR) is 111 cm³/mol. The molecule has 0 saturated carbocycles. The maximum atomic E-state index is 12.2. The van der Waals surface area contributed by atoms with Gasteiger partial charge >= 0.3 is 0 Å². The second-order valence-electron chi connectivity index (χ2n) is 6.32. The van der Waals surface area contributed by atoms with Gasteiger partial charge in [-0.1, -0.05) is 23.7 Å². The predicted octanol–water partition coefficient (Wildman–Crippen LogP) is 4.64. The minimum Gasteiger partial charge on any atom is -0.493 e. The molecular formula is C20H21ClN4O2S. The average Bonchev–Trinajstić information content (AvgIpc) is 3.06. The number of aryl methyl sites for hydroxylation is 2. The number of carbonyl (C=O) groups excluding carboxylic acids is 1. The lowest BCUT2D eigenvalue weighted by molar-refractivity contribution is -0.116. The van der Waals surface area contributed by atoms with Crippen LogP contribution in [0, 0.1) is 13.8 Å². The van der Waals surface area contributed by atoms with Crippen LogP contribution in [0.25, 0.3) is 0 Å². The maximum Gasteiger partial charge on any atom is 0.227 e. The molecule has 0 spiro atoms. The number of nitrogens with zero attached hydrogens (tertiary/aromatic N) is 3. The highest BCUT2D eigenvalue weighted by molar-refractivity contribution is 7.99. The standard InChI is InChI=1S/C20H21ClN4O2S/c1-13-5-4-6-17(14(13)2)27-10-9-19(26)23-15-7-8-18(16(21)11-15)28-20-24-22-12-25(20)3/h4-8,11-12H,9-10H2,1-3H3,(H,23,26). The molecule has 6 nitrogen and oxygen atoms in total. The van der Waals surface area contributed by atoms with Crippen molar-refractivity contribution in [2.24, 2.45) is 7.05 Å². The summed E-state index contributed by atoms with van der Waals surface area (Å²) in [5, 5.41) is 12.0. The summed E-state index contributed by atoms with van der Waals surface area (Å²) in [6.45, 7) is 4.35. The van der Waals surface area contributed by atoms with Gasteiger partial charge < -0.3 is 14.6 Å². The Kier molecular flexibility index (Phi) is 6.59. The van der Waals surface area contributed by atoms with Gasteiger partial charge in [0.25, 0.3) is 0 Å². The molecule has 2 aromatic carbocycles. The van der Waals surface area contributed by atoms with E-state index in [4.69, 9.17) is 16.3 Å². The Morgan fingerprint density at radius 2 is 2.11 bits per heavy atom. The van der Waals surface area contributed by atoms with Crippen molar-refractivity contribution < 1.29 is 9.53 Å². The van der Waals surface area contributed by atoms with Crippen molar-refractivity contribution in [1.29, 1.82) is 0 Å². The van der Waals surface area contributed by atoms with Gasteiger partial charge in [0.15, 0.2) is 5.16 Å². The molecule has 1 amide bonds. The quantitative estimate of drug-likeness (QED) is 0.607. The summed E-state index contributed by atoms with van der Waals surface area (Å²) in [7, 11) is 1.87. The van der Waals surface area contributed by atoms with Gasteiger partial charge in [-0.25, -0.2) is 0 Å². The monoisotopic (exact) mass is 416 g/mol. The van der Waals surface area contributed by atoms with Crippen molar-refractivity contribution in [1.82, 2.24) is 14.8 Å². The fourth-order valence-electron chi connectivity index (χ4n) is 2.48. The van der Waals surface area contributed by atoms with Crippen molar-refractivity contribution in [3.05, 3.63) is 58.9 Å². The minimum absolute atomic E-state index is 0.130. The molecule has 28 heavy (non-hydrogen) atoms. The number of anilines is 1. The van der Waals surface area contributed by atoms with E-state index in [-0.39, 0.29) is 12.3 Å². The topological polar surface area (TPSA) is 69.0 Å². The number of hydrogen-bond acceptors (Lipinski definition) is 5. The summed E-state index contributed by atoms with van der Waals surface area (Å²) in [5.41, 5.74) is 2.89. The molecule has 0 aliphatic heterocycles. The van der Waals surface area contributed by atoms with E-state index in [0.717, 1.165) is 26.9 Å². The number of benzene rings is 2. The molecule has 0 radical (unpaired) electrons. The van der Waals surface area contributed by atoms with E-state index >= 15 is 0 Å². The zero-order chi connectivity index (χ0) is 20.1. The summed E-state index contributed by atoms with van der Waals surface area (Å²) in [6, 6.07) is 11.3. The van der Waals surface area contributed by atoms with Crippen LogP contribution in [0.2, 0.25) is 5.02 Å². The zero-order valence-electron chi connectivity index (χ0n) is 15.9. The maximum absolute atomic E-state index is 12.2. The number of carbonyl (C=O) groups is 1. The molecule has 0 aliphatic rings. The normalized spacial score (nSPS) is 10.7. The highest BCUT2D eigenvalue weighted by Crippen LogP contribution is 2.33. The van der Waals surface area contributed by atoms with Gasteiger partial charge in [0.1, 0.15) is 12.1 Å². The lowest BCUT2D eigenvalue weighted by Crippen LogP contribution is -2.15. The highest BCUT2D eigenvalue weighted by atomic mass is 35.5. The smallest absolute Gasteiger partial charge is 0.227 e. The molecule has 146 valence electrons. The molecule has 0 atom stereocenters.